The van der Waals surface area contributed by atoms with Crippen molar-refractivity contribution in [1.82, 2.24) is 0 Å². The Bertz CT molecular complexity index is 239. The van der Waals surface area contributed by atoms with Gasteiger partial charge in [-0.25, -0.2) is 0 Å². The van der Waals surface area contributed by atoms with E-state index in [9.17, 15) is 9.59 Å². The SMILES string of the molecule is CC=C(CCC)C(OC(C)=O)OC(C)=O. The summed E-state index contributed by atoms with van der Waals surface area (Å²) in [4.78, 5) is 21.6. The van der Waals surface area contributed by atoms with E-state index in [2.05, 4.69) is 0 Å². The molecule has 15 heavy (non-hydrogen) atoms. The first-order valence-electron chi connectivity index (χ1n) is 5.00. The van der Waals surface area contributed by atoms with Gasteiger partial charge in [-0.15, -0.1) is 0 Å². The summed E-state index contributed by atoms with van der Waals surface area (Å²) in [6.45, 7) is 6.40. The molecule has 0 aromatic carbocycles. The Morgan fingerprint density at radius 3 is 1.93 bits per heavy atom. The van der Waals surface area contributed by atoms with Gasteiger partial charge in [-0.2, -0.15) is 0 Å². The molecule has 0 bridgehead atoms. The summed E-state index contributed by atoms with van der Waals surface area (Å²) in [5.74, 6) is -0.923. The minimum absolute atomic E-state index is 0.461. The normalized spacial score (nSPS) is 11.4. The average Bonchev–Trinajstić information content (AvgIpc) is 2.11. The molecule has 0 aromatic rings. The highest BCUT2D eigenvalue weighted by Gasteiger charge is 2.19. The molecule has 0 rings (SSSR count). The predicted octanol–water partition coefficient (Wildman–Crippen LogP) is 2.19. The number of carbonyl (C=O) groups is 2. The molecule has 4 nitrogen and oxygen atoms in total. The lowest BCUT2D eigenvalue weighted by Crippen LogP contribution is -2.24. The lowest BCUT2D eigenvalue weighted by atomic mass is 10.1. The topological polar surface area (TPSA) is 52.6 Å². The number of rotatable bonds is 5. The minimum atomic E-state index is -0.870. The lowest BCUT2D eigenvalue weighted by Gasteiger charge is -2.19. The fourth-order valence-corrected chi connectivity index (χ4v) is 1.16. The zero-order valence-electron chi connectivity index (χ0n) is 9.70. The van der Waals surface area contributed by atoms with E-state index in [-0.39, 0.29) is 0 Å². The molecule has 86 valence electrons. The predicted molar refractivity (Wildman–Crippen MR) is 56.0 cm³/mol. The van der Waals surface area contributed by atoms with Crippen LogP contribution in [-0.2, 0) is 19.1 Å². The van der Waals surface area contributed by atoms with Crippen LogP contribution in [0.4, 0.5) is 0 Å². The summed E-state index contributed by atoms with van der Waals surface area (Å²) in [6.07, 6.45) is 2.57. The third-order valence-electron chi connectivity index (χ3n) is 1.76. The highest BCUT2D eigenvalue weighted by molar-refractivity contribution is 5.68. The number of carbonyl (C=O) groups excluding carboxylic acids is 2. The first-order valence-corrected chi connectivity index (χ1v) is 5.00. The number of allylic oxidation sites excluding steroid dienone is 1. The van der Waals surface area contributed by atoms with Crippen molar-refractivity contribution in [3.8, 4) is 0 Å². The Morgan fingerprint density at radius 1 is 1.20 bits per heavy atom. The van der Waals surface area contributed by atoms with E-state index in [1.165, 1.54) is 13.8 Å². The van der Waals surface area contributed by atoms with Gasteiger partial charge < -0.3 is 9.47 Å². The van der Waals surface area contributed by atoms with Crippen LogP contribution in [0.15, 0.2) is 11.6 Å². The first kappa shape index (κ1) is 13.7. The van der Waals surface area contributed by atoms with Gasteiger partial charge >= 0.3 is 11.9 Å². The first-order chi connectivity index (χ1) is 7.01. The zero-order chi connectivity index (χ0) is 11.8. The Balaban J connectivity index is 4.57. The molecule has 0 saturated heterocycles. The van der Waals surface area contributed by atoms with E-state index in [0.29, 0.717) is 0 Å². The van der Waals surface area contributed by atoms with Crippen molar-refractivity contribution in [2.75, 3.05) is 0 Å². The van der Waals surface area contributed by atoms with Crippen LogP contribution in [-0.4, -0.2) is 18.2 Å². The second-order valence-corrected chi connectivity index (χ2v) is 3.16. The second kappa shape index (κ2) is 7.04. The lowest BCUT2D eigenvalue weighted by molar-refractivity contribution is -0.178. The van der Waals surface area contributed by atoms with Gasteiger partial charge in [0.25, 0.3) is 6.29 Å². The fourth-order valence-electron chi connectivity index (χ4n) is 1.16. The molecule has 0 aromatic heterocycles. The van der Waals surface area contributed by atoms with Crippen molar-refractivity contribution < 1.29 is 19.1 Å². The number of ether oxygens (including phenoxy) is 2. The number of esters is 2. The fraction of sp³-hybridized carbons (Fsp3) is 0.636. The van der Waals surface area contributed by atoms with Crippen LogP contribution in [0, 0.1) is 0 Å². The molecule has 0 aliphatic heterocycles. The smallest absolute Gasteiger partial charge is 0.305 e. The van der Waals surface area contributed by atoms with Gasteiger partial charge in [0.1, 0.15) is 0 Å². The molecular weight excluding hydrogens is 196 g/mol. The van der Waals surface area contributed by atoms with E-state index in [1.54, 1.807) is 6.08 Å². The van der Waals surface area contributed by atoms with Crippen LogP contribution in [0.2, 0.25) is 0 Å². The molecule has 0 fully saturated rings. The summed E-state index contributed by atoms with van der Waals surface area (Å²) in [7, 11) is 0. The molecule has 0 atom stereocenters. The van der Waals surface area contributed by atoms with Crippen LogP contribution in [0.5, 0.6) is 0 Å². The van der Waals surface area contributed by atoms with E-state index in [1.807, 2.05) is 13.8 Å². The van der Waals surface area contributed by atoms with E-state index in [0.717, 1.165) is 18.4 Å². The van der Waals surface area contributed by atoms with Crippen molar-refractivity contribution in [2.45, 2.75) is 46.8 Å². The third-order valence-corrected chi connectivity index (χ3v) is 1.76. The van der Waals surface area contributed by atoms with Crippen LogP contribution >= 0.6 is 0 Å². The molecule has 0 amide bonds. The molecule has 0 N–H and O–H groups in total. The van der Waals surface area contributed by atoms with Crippen molar-refractivity contribution in [2.24, 2.45) is 0 Å². The molecule has 0 radical (unpaired) electrons. The molecule has 0 saturated carbocycles. The third kappa shape index (κ3) is 5.88. The van der Waals surface area contributed by atoms with Gasteiger partial charge in [0.2, 0.25) is 0 Å². The van der Waals surface area contributed by atoms with Crippen molar-refractivity contribution in [1.29, 1.82) is 0 Å². The van der Waals surface area contributed by atoms with Crippen molar-refractivity contribution in [3.05, 3.63) is 11.6 Å². The molecule has 0 aliphatic rings. The summed E-state index contributed by atoms with van der Waals surface area (Å²) in [6, 6.07) is 0. The van der Waals surface area contributed by atoms with Crippen LogP contribution in [0.1, 0.15) is 40.5 Å². The average molecular weight is 214 g/mol. The maximum atomic E-state index is 10.8. The summed E-state index contributed by atoms with van der Waals surface area (Å²) in [5, 5.41) is 0. The Hall–Kier alpha value is -1.32. The standard InChI is InChI=1S/C11H18O4/c1-5-7-10(6-2)11(14-8(3)12)15-9(4)13/h6,11H,5,7H2,1-4H3. The zero-order valence-corrected chi connectivity index (χ0v) is 9.70. The van der Waals surface area contributed by atoms with Crippen LogP contribution < -0.4 is 0 Å². The molecule has 4 heteroatoms. The highest BCUT2D eigenvalue weighted by atomic mass is 16.7. The van der Waals surface area contributed by atoms with Gasteiger partial charge in [-0.3, -0.25) is 9.59 Å². The van der Waals surface area contributed by atoms with Gasteiger partial charge in [0.05, 0.1) is 0 Å². The highest BCUT2D eigenvalue weighted by Crippen LogP contribution is 2.15. The number of hydrogen-bond acceptors (Lipinski definition) is 4. The maximum Gasteiger partial charge on any atom is 0.305 e. The van der Waals surface area contributed by atoms with Crippen molar-refractivity contribution >= 4 is 11.9 Å². The molecule has 0 spiro atoms. The van der Waals surface area contributed by atoms with Crippen molar-refractivity contribution in [3.63, 3.8) is 0 Å². The number of hydrogen-bond donors (Lipinski definition) is 0. The van der Waals surface area contributed by atoms with E-state index in [4.69, 9.17) is 9.47 Å². The quantitative estimate of drug-likeness (QED) is 0.400. The Morgan fingerprint density at radius 2 is 1.67 bits per heavy atom. The van der Waals surface area contributed by atoms with Crippen LogP contribution in [0.25, 0.3) is 0 Å². The molecular formula is C11H18O4. The molecule has 0 aliphatic carbocycles. The molecule has 0 heterocycles. The minimum Gasteiger partial charge on any atom is -0.421 e. The summed E-state index contributed by atoms with van der Waals surface area (Å²) >= 11 is 0. The second-order valence-electron chi connectivity index (χ2n) is 3.16. The monoisotopic (exact) mass is 214 g/mol. The van der Waals surface area contributed by atoms with Crippen LogP contribution in [0.3, 0.4) is 0 Å². The van der Waals surface area contributed by atoms with Gasteiger partial charge in [-0.05, 0) is 13.3 Å². The Labute approximate surface area is 90.2 Å². The summed E-state index contributed by atoms with van der Waals surface area (Å²) < 4.78 is 9.83. The maximum absolute atomic E-state index is 10.8. The van der Waals surface area contributed by atoms with E-state index < -0.39 is 18.2 Å². The van der Waals surface area contributed by atoms with Gasteiger partial charge in [0.15, 0.2) is 0 Å². The largest absolute Gasteiger partial charge is 0.421 e. The summed E-state index contributed by atoms with van der Waals surface area (Å²) in [5.41, 5.74) is 0.808. The Kier molecular flexibility index (Phi) is 6.42. The van der Waals surface area contributed by atoms with E-state index >= 15 is 0 Å². The molecule has 0 unspecified atom stereocenters. The van der Waals surface area contributed by atoms with Gasteiger partial charge in [0, 0.05) is 19.4 Å². The van der Waals surface area contributed by atoms with Gasteiger partial charge in [-0.1, -0.05) is 19.4 Å².